The molecule has 18 heavy (non-hydrogen) atoms. The Labute approximate surface area is 102 Å². The molecule has 0 heterocycles. The van der Waals surface area contributed by atoms with E-state index in [0.717, 1.165) is 0 Å². The molecule has 5 nitrogen and oxygen atoms in total. The Morgan fingerprint density at radius 1 is 1.28 bits per heavy atom. The molecule has 0 saturated carbocycles. The van der Waals surface area contributed by atoms with Gasteiger partial charge in [0.15, 0.2) is 0 Å². The molecule has 0 saturated heterocycles. The maximum Gasteiger partial charge on any atom is 0.411 e. The number of hydrogen-bond donors (Lipinski definition) is 2. The fourth-order valence-corrected chi connectivity index (χ4v) is 0.932. The average Bonchev–Trinajstić information content (AvgIpc) is 2.14. The molecule has 0 radical (unpaired) electrons. The number of ether oxygens (including phenoxy) is 1. The number of hydrogen-bond acceptors (Lipinski definition) is 3. The summed E-state index contributed by atoms with van der Waals surface area (Å²) in [4.78, 5) is 21.8. The number of aliphatic carboxylic acids is 1. The zero-order valence-electron chi connectivity index (χ0n) is 10.1. The van der Waals surface area contributed by atoms with Crippen molar-refractivity contribution in [3.63, 3.8) is 0 Å². The first kappa shape index (κ1) is 16.7. The molecule has 0 aromatic carbocycles. The van der Waals surface area contributed by atoms with Crippen LogP contribution in [0.4, 0.5) is 13.2 Å². The largest absolute Gasteiger partial charge is 0.481 e. The summed E-state index contributed by atoms with van der Waals surface area (Å²) in [5, 5.41) is 11.1. The number of nitrogens with one attached hydrogen (secondary N) is 1. The quantitative estimate of drug-likeness (QED) is 0.729. The van der Waals surface area contributed by atoms with Crippen LogP contribution in [-0.4, -0.2) is 42.9 Å². The molecule has 0 aliphatic rings. The molecule has 0 fully saturated rings. The lowest BCUT2D eigenvalue weighted by molar-refractivity contribution is -0.175. The van der Waals surface area contributed by atoms with E-state index in [9.17, 15) is 22.8 Å². The molecule has 0 aromatic heterocycles. The van der Waals surface area contributed by atoms with Crippen LogP contribution in [0.2, 0.25) is 0 Å². The van der Waals surface area contributed by atoms with Gasteiger partial charge in [0.2, 0.25) is 5.91 Å². The van der Waals surface area contributed by atoms with E-state index in [2.05, 4.69) is 10.1 Å². The summed E-state index contributed by atoms with van der Waals surface area (Å²) >= 11 is 0. The lowest BCUT2D eigenvalue weighted by Gasteiger charge is -2.18. The van der Waals surface area contributed by atoms with Gasteiger partial charge in [-0.1, -0.05) is 0 Å². The first-order valence-corrected chi connectivity index (χ1v) is 5.19. The average molecular weight is 271 g/mol. The van der Waals surface area contributed by atoms with Crippen molar-refractivity contribution in [2.75, 3.05) is 19.8 Å². The molecular weight excluding hydrogens is 255 g/mol. The Hall–Kier alpha value is -1.31. The molecule has 2 N–H and O–H groups in total. The third kappa shape index (κ3) is 7.88. The maximum absolute atomic E-state index is 11.7. The van der Waals surface area contributed by atoms with Crippen LogP contribution < -0.4 is 5.32 Å². The van der Waals surface area contributed by atoms with Gasteiger partial charge in [0.25, 0.3) is 0 Å². The number of carbonyl (C=O) groups is 2. The molecule has 0 spiro atoms. The highest BCUT2D eigenvalue weighted by Crippen LogP contribution is 2.19. The number of halogens is 3. The molecule has 0 aromatic rings. The summed E-state index contributed by atoms with van der Waals surface area (Å²) in [6.45, 7) is 0.852. The fraction of sp³-hybridized carbons (Fsp3) is 0.800. The predicted molar refractivity (Wildman–Crippen MR) is 55.9 cm³/mol. The molecule has 0 aliphatic heterocycles. The summed E-state index contributed by atoms with van der Waals surface area (Å²) < 4.78 is 39.2. The molecule has 0 aliphatic carbocycles. The van der Waals surface area contributed by atoms with Gasteiger partial charge in [0.1, 0.15) is 13.2 Å². The van der Waals surface area contributed by atoms with Crippen LogP contribution in [-0.2, 0) is 14.3 Å². The number of alkyl halides is 3. The van der Waals surface area contributed by atoms with Gasteiger partial charge in [-0.25, -0.2) is 0 Å². The zero-order chi connectivity index (χ0) is 14.4. The van der Waals surface area contributed by atoms with Gasteiger partial charge in [-0.15, -0.1) is 0 Å². The molecule has 0 unspecified atom stereocenters. The molecule has 0 atom stereocenters. The smallest absolute Gasteiger partial charge is 0.411 e. The van der Waals surface area contributed by atoms with Gasteiger partial charge in [0, 0.05) is 6.54 Å². The van der Waals surface area contributed by atoms with Crippen LogP contribution in [0.3, 0.4) is 0 Å². The molecule has 0 rings (SSSR count). The monoisotopic (exact) mass is 271 g/mol. The standard InChI is InChI=1S/C10H16F3NO4/c1-9(2,8(16)17)3-4-14-7(15)5-18-6-10(11,12)13/h3-6H2,1-2H3,(H,14,15)(H,16,17). The molecule has 8 heteroatoms. The fourth-order valence-electron chi connectivity index (χ4n) is 0.932. The Morgan fingerprint density at radius 2 is 1.83 bits per heavy atom. The van der Waals surface area contributed by atoms with Gasteiger partial charge in [-0.3, -0.25) is 9.59 Å². The Morgan fingerprint density at radius 3 is 2.28 bits per heavy atom. The van der Waals surface area contributed by atoms with E-state index < -0.39 is 36.7 Å². The Kier molecular flexibility index (Phi) is 6.10. The number of amides is 1. The highest BCUT2D eigenvalue weighted by Gasteiger charge is 2.28. The number of carboxylic acid groups (broad SMARTS) is 1. The van der Waals surface area contributed by atoms with Gasteiger partial charge < -0.3 is 15.2 Å². The zero-order valence-corrected chi connectivity index (χ0v) is 10.1. The Bertz CT molecular complexity index is 302. The topological polar surface area (TPSA) is 75.6 Å². The molecular formula is C10H16F3NO4. The minimum atomic E-state index is -4.47. The summed E-state index contributed by atoms with van der Waals surface area (Å²) in [6.07, 6.45) is -4.29. The first-order valence-electron chi connectivity index (χ1n) is 5.19. The van der Waals surface area contributed by atoms with Crippen LogP contribution in [0, 0.1) is 5.41 Å². The minimum Gasteiger partial charge on any atom is -0.481 e. The Balaban J connectivity index is 3.76. The van der Waals surface area contributed by atoms with Crippen molar-refractivity contribution in [1.82, 2.24) is 5.32 Å². The highest BCUT2D eigenvalue weighted by molar-refractivity contribution is 5.77. The van der Waals surface area contributed by atoms with E-state index in [0.29, 0.717) is 0 Å². The van der Waals surface area contributed by atoms with Gasteiger partial charge in [-0.2, -0.15) is 13.2 Å². The van der Waals surface area contributed by atoms with Gasteiger partial charge >= 0.3 is 12.1 Å². The lowest BCUT2D eigenvalue weighted by Crippen LogP contribution is -2.34. The van der Waals surface area contributed by atoms with Crippen molar-refractivity contribution in [2.45, 2.75) is 26.4 Å². The van der Waals surface area contributed by atoms with Crippen molar-refractivity contribution in [3.05, 3.63) is 0 Å². The molecule has 106 valence electrons. The van der Waals surface area contributed by atoms with E-state index in [1.54, 1.807) is 0 Å². The summed E-state index contributed by atoms with van der Waals surface area (Å²) in [6, 6.07) is 0. The number of carboxylic acids is 1. The molecule has 1 amide bonds. The van der Waals surface area contributed by atoms with Crippen molar-refractivity contribution in [2.24, 2.45) is 5.41 Å². The third-order valence-corrected chi connectivity index (χ3v) is 2.15. The van der Waals surface area contributed by atoms with Crippen LogP contribution >= 0.6 is 0 Å². The second kappa shape index (κ2) is 6.58. The maximum atomic E-state index is 11.7. The number of carbonyl (C=O) groups excluding carboxylic acids is 1. The van der Waals surface area contributed by atoms with E-state index in [1.165, 1.54) is 13.8 Å². The SMILES string of the molecule is CC(C)(CCNC(=O)COCC(F)(F)F)C(=O)O. The third-order valence-electron chi connectivity index (χ3n) is 2.15. The van der Waals surface area contributed by atoms with E-state index in [1.807, 2.05) is 0 Å². The number of rotatable bonds is 7. The highest BCUT2D eigenvalue weighted by atomic mass is 19.4. The normalized spacial score (nSPS) is 12.3. The van der Waals surface area contributed by atoms with Crippen LogP contribution in [0.25, 0.3) is 0 Å². The lowest BCUT2D eigenvalue weighted by atomic mass is 9.90. The second-order valence-electron chi connectivity index (χ2n) is 4.40. The van der Waals surface area contributed by atoms with Gasteiger partial charge in [0.05, 0.1) is 5.41 Å². The van der Waals surface area contributed by atoms with Gasteiger partial charge in [-0.05, 0) is 20.3 Å². The second-order valence-corrected chi connectivity index (χ2v) is 4.40. The van der Waals surface area contributed by atoms with Crippen LogP contribution in [0.5, 0.6) is 0 Å². The van der Waals surface area contributed by atoms with Crippen molar-refractivity contribution in [3.8, 4) is 0 Å². The van der Waals surface area contributed by atoms with Crippen LogP contribution in [0.15, 0.2) is 0 Å². The first-order chi connectivity index (χ1) is 8.04. The summed E-state index contributed by atoms with van der Waals surface area (Å²) in [7, 11) is 0. The van der Waals surface area contributed by atoms with Crippen molar-refractivity contribution >= 4 is 11.9 Å². The summed E-state index contributed by atoms with van der Waals surface area (Å²) in [5.41, 5.74) is -1.000. The minimum absolute atomic E-state index is 0.0630. The summed E-state index contributed by atoms with van der Waals surface area (Å²) in [5.74, 6) is -1.72. The van der Waals surface area contributed by atoms with Crippen molar-refractivity contribution in [1.29, 1.82) is 0 Å². The van der Waals surface area contributed by atoms with E-state index in [-0.39, 0.29) is 13.0 Å². The predicted octanol–water partition coefficient (Wildman–Crippen LogP) is 1.18. The van der Waals surface area contributed by atoms with E-state index >= 15 is 0 Å². The van der Waals surface area contributed by atoms with Crippen molar-refractivity contribution < 1.29 is 32.6 Å². The van der Waals surface area contributed by atoms with Crippen LogP contribution in [0.1, 0.15) is 20.3 Å². The van der Waals surface area contributed by atoms with E-state index in [4.69, 9.17) is 5.11 Å². The molecule has 0 bridgehead atoms.